The molecule has 2 rings (SSSR count). The zero-order chi connectivity index (χ0) is 19.3. The van der Waals surface area contributed by atoms with Crippen molar-refractivity contribution >= 4 is 44.2 Å². The van der Waals surface area contributed by atoms with E-state index in [1.165, 1.54) is 19.2 Å². The van der Waals surface area contributed by atoms with E-state index in [0.717, 1.165) is 6.42 Å². The van der Waals surface area contributed by atoms with E-state index in [9.17, 15) is 13.2 Å². The molecule has 0 aliphatic heterocycles. The first-order valence-electron chi connectivity index (χ1n) is 8.04. The molecule has 0 fully saturated rings. The highest BCUT2D eigenvalue weighted by atomic mass is 127. The molecule has 8 heteroatoms. The number of carbonyl (C=O) groups excluding carboxylic acids is 1. The normalized spacial score (nSPS) is 12.3. The van der Waals surface area contributed by atoms with Crippen LogP contribution in [0.3, 0.4) is 0 Å². The van der Waals surface area contributed by atoms with Gasteiger partial charge in [0.2, 0.25) is 0 Å². The van der Waals surface area contributed by atoms with E-state index in [-0.39, 0.29) is 28.1 Å². The summed E-state index contributed by atoms with van der Waals surface area (Å²) in [5, 5.41) is 2.84. The number of hydrogen-bond donors (Lipinski definition) is 2. The molecule has 0 bridgehead atoms. The van der Waals surface area contributed by atoms with Crippen LogP contribution < -0.4 is 14.8 Å². The number of para-hydroxylation sites is 1. The van der Waals surface area contributed by atoms with E-state index < -0.39 is 10.0 Å². The lowest BCUT2D eigenvalue weighted by atomic mass is 10.1. The van der Waals surface area contributed by atoms with Crippen LogP contribution in [0.1, 0.15) is 30.6 Å². The minimum atomic E-state index is -3.84. The predicted molar refractivity (Wildman–Crippen MR) is 110 cm³/mol. The van der Waals surface area contributed by atoms with E-state index in [4.69, 9.17) is 4.74 Å². The largest absolute Gasteiger partial charge is 0.496 e. The van der Waals surface area contributed by atoms with E-state index in [0.29, 0.717) is 9.32 Å². The minimum Gasteiger partial charge on any atom is -0.496 e. The first-order valence-corrected chi connectivity index (χ1v) is 10.6. The van der Waals surface area contributed by atoms with Crippen molar-refractivity contribution in [2.24, 2.45) is 0 Å². The summed E-state index contributed by atoms with van der Waals surface area (Å²) in [6.45, 7) is 3.86. The van der Waals surface area contributed by atoms with Crippen molar-refractivity contribution in [2.45, 2.75) is 31.2 Å². The molecule has 1 atom stereocenters. The van der Waals surface area contributed by atoms with E-state index in [2.05, 4.69) is 10.0 Å². The van der Waals surface area contributed by atoms with Gasteiger partial charge in [-0.2, -0.15) is 0 Å². The van der Waals surface area contributed by atoms with Crippen LogP contribution in [0.2, 0.25) is 0 Å². The van der Waals surface area contributed by atoms with Crippen LogP contribution in [0.5, 0.6) is 5.75 Å². The zero-order valence-electron chi connectivity index (χ0n) is 14.7. The Labute approximate surface area is 167 Å². The second-order valence-electron chi connectivity index (χ2n) is 5.73. The third-order valence-corrected chi connectivity index (χ3v) is 6.05. The van der Waals surface area contributed by atoms with Gasteiger partial charge in [0.05, 0.1) is 26.8 Å². The maximum Gasteiger partial charge on any atom is 0.261 e. The maximum atomic E-state index is 12.7. The number of methoxy groups -OCH3 is 1. The molecular formula is C18H21IN2O4S. The Bertz CT molecular complexity index is 900. The molecule has 2 aromatic rings. The van der Waals surface area contributed by atoms with Gasteiger partial charge in [-0.05, 0) is 66.3 Å². The van der Waals surface area contributed by atoms with Gasteiger partial charge >= 0.3 is 0 Å². The summed E-state index contributed by atoms with van der Waals surface area (Å²) in [5.41, 5.74) is 0.513. The number of amides is 1. The van der Waals surface area contributed by atoms with Crippen molar-refractivity contribution in [1.29, 1.82) is 0 Å². The third kappa shape index (κ3) is 4.88. The molecule has 6 nitrogen and oxygen atoms in total. The van der Waals surface area contributed by atoms with E-state index in [1.807, 2.05) is 36.4 Å². The average molecular weight is 488 g/mol. The van der Waals surface area contributed by atoms with Gasteiger partial charge in [-0.3, -0.25) is 9.52 Å². The Kier molecular flexibility index (Phi) is 6.87. The highest BCUT2D eigenvalue weighted by Crippen LogP contribution is 2.26. The van der Waals surface area contributed by atoms with Crippen molar-refractivity contribution < 1.29 is 17.9 Å². The lowest BCUT2D eigenvalue weighted by molar-refractivity contribution is 0.0940. The van der Waals surface area contributed by atoms with Gasteiger partial charge in [0.15, 0.2) is 0 Å². The van der Waals surface area contributed by atoms with Gasteiger partial charge in [0.25, 0.3) is 15.9 Å². The van der Waals surface area contributed by atoms with Crippen molar-refractivity contribution in [3.63, 3.8) is 0 Å². The number of halogens is 1. The molecule has 2 aromatic carbocycles. The number of rotatable bonds is 7. The predicted octanol–water partition coefficient (Wildman–Crippen LogP) is 3.63. The van der Waals surface area contributed by atoms with E-state index >= 15 is 0 Å². The topological polar surface area (TPSA) is 84.5 Å². The molecule has 0 saturated carbocycles. The fraction of sp³-hybridized carbons (Fsp3) is 0.278. The van der Waals surface area contributed by atoms with Gasteiger partial charge in [-0.15, -0.1) is 0 Å². The molecule has 1 amide bonds. The fourth-order valence-corrected chi connectivity index (χ4v) is 4.24. The third-order valence-electron chi connectivity index (χ3n) is 3.84. The molecule has 0 aliphatic rings. The molecule has 26 heavy (non-hydrogen) atoms. The molecule has 0 aromatic heterocycles. The van der Waals surface area contributed by atoms with E-state index in [1.54, 1.807) is 30.3 Å². The minimum absolute atomic E-state index is 0.00432. The quantitative estimate of drug-likeness (QED) is 0.584. The second kappa shape index (κ2) is 8.72. The molecular weight excluding hydrogens is 467 g/mol. The Morgan fingerprint density at radius 3 is 2.54 bits per heavy atom. The fourth-order valence-electron chi connectivity index (χ4n) is 2.19. The number of ether oxygens (including phenoxy) is 1. The smallest absolute Gasteiger partial charge is 0.261 e. The highest BCUT2D eigenvalue weighted by Gasteiger charge is 2.20. The average Bonchev–Trinajstić information content (AvgIpc) is 2.61. The number of hydrogen-bond acceptors (Lipinski definition) is 4. The lowest BCUT2D eigenvalue weighted by Gasteiger charge is -2.15. The van der Waals surface area contributed by atoms with Gasteiger partial charge in [0, 0.05) is 6.04 Å². The summed E-state index contributed by atoms with van der Waals surface area (Å²) >= 11 is 2.01. The Morgan fingerprint density at radius 2 is 1.92 bits per heavy atom. The summed E-state index contributed by atoms with van der Waals surface area (Å²) in [6.07, 6.45) is 0.782. The standard InChI is InChI=1S/C18H21IN2O4S/c1-4-12(2)20-18(22)14-7-5-6-8-16(14)21-26(23,24)13-9-10-17(25-3)15(19)11-13/h5-12,21H,4H2,1-3H3,(H,20,22)/t12-/m0/s1. The number of carbonyl (C=O) groups is 1. The number of benzene rings is 2. The summed E-state index contributed by atoms with van der Waals surface area (Å²) in [4.78, 5) is 12.5. The SMILES string of the molecule is CC[C@H](C)NC(=O)c1ccccc1NS(=O)(=O)c1ccc(OC)c(I)c1. The summed E-state index contributed by atoms with van der Waals surface area (Å²) in [6, 6.07) is 11.1. The molecule has 0 radical (unpaired) electrons. The van der Waals surface area contributed by atoms with Crippen LogP contribution in [0, 0.1) is 3.57 Å². The van der Waals surface area contributed by atoms with Gasteiger partial charge in [0.1, 0.15) is 5.75 Å². The molecule has 0 saturated heterocycles. The van der Waals surface area contributed by atoms with Gasteiger partial charge in [-0.1, -0.05) is 19.1 Å². The Balaban J connectivity index is 2.33. The summed E-state index contributed by atoms with van der Waals surface area (Å²) in [7, 11) is -2.32. The van der Waals surface area contributed by atoms with Crippen molar-refractivity contribution in [2.75, 3.05) is 11.8 Å². The molecule has 0 spiro atoms. The van der Waals surface area contributed by atoms with Gasteiger partial charge in [-0.25, -0.2) is 8.42 Å². The summed E-state index contributed by atoms with van der Waals surface area (Å²) < 4.78 is 33.8. The molecule has 0 aliphatic carbocycles. The number of sulfonamides is 1. The second-order valence-corrected chi connectivity index (χ2v) is 8.57. The van der Waals surface area contributed by atoms with Gasteiger partial charge < -0.3 is 10.1 Å². The van der Waals surface area contributed by atoms with Crippen LogP contribution in [0.15, 0.2) is 47.4 Å². The first-order chi connectivity index (χ1) is 12.3. The van der Waals surface area contributed by atoms with Crippen molar-refractivity contribution in [3.05, 3.63) is 51.6 Å². The van der Waals surface area contributed by atoms with Crippen LogP contribution in [-0.2, 0) is 10.0 Å². The molecule has 0 heterocycles. The lowest BCUT2D eigenvalue weighted by Crippen LogP contribution is -2.32. The Hall–Kier alpha value is -1.81. The number of nitrogens with one attached hydrogen (secondary N) is 2. The monoisotopic (exact) mass is 488 g/mol. The van der Waals surface area contributed by atoms with Crippen LogP contribution in [0.4, 0.5) is 5.69 Å². The van der Waals surface area contributed by atoms with Crippen LogP contribution in [-0.4, -0.2) is 27.5 Å². The zero-order valence-corrected chi connectivity index (χ0v) is 17.7. The number of anilines is 1. The van der Waals surface area contributed by atoms with Crippen molar-refractivity contribution in [1.82, 2.24) is 5.32 Å². The Morgan fingerprint density at radius 1 is 1.23 bits per heavy atom. The maximum absolute atomic E-state index is 12.7. The highest BCUT2D eigenvalue weighted by molar-refractivity contribution is 14.1. The molecule has 0 unspecified atom stereocenters. The molecule has 140 valence electrons. The van der Waals surface area contributed by atoms with Crippen molar-refractivity contribution in [3.8, 4) is 5.75 Å². The van der Waals surface area contributed by atoms with Crippen LogP contribution >= 0.6 is 22.6 Å². The first kappa shape index (κ1) is 20.5. The summed E-state index contributed by atoms with van der Waals surface area (Å²) in [5.74, 6) is 0.278. The van der Waals surface area contributed by atoms with Crippen LogP contribution in [0.25, 0.3) is 0 Å². The molecule has 2 N–H and O–H groups in total.